The number of rotatable bonds is 6. The average molecular weight is 384 g/mol. The van der Waals surface area contributed by atoms with Gasteiger partial charge in [0.05, 0.1) is 13.7 Å². The molecule has 29 heavy (non-hydrogen) atoms. The molecule has 1 unspecified atom stereocenters. The van der Waals surface area contributed by atoms with Crippen molar-refractivity contribution in [3.63, 3.8) is 0 Å². The van der Waals surface area contributed by atoms with Gasteiger partial charge in [-0.1, -0.05) is 66.7 Å². The second-order valence-corrected chi connectivity index (χ2v) is 6.77. The summed E-state index contributed by atoms with van der Waals surface area (Å²) in [7, 11) is 1.67. The predicted octanol–water partition coefficient (Wildman–Crippen LogP) is 6.32. The molecule has 1 aliphatic heterocycles. The topological polar surface area (TPSA) is 27.7 Å². The highest BCUT2D eigenvalue weighted by molar-refractivity contribution is 5.71. The van der Waals surface area contributed by atoms with E-state index >= 15 is 0 Å². The summed E-state index contributed by atoms with van der Waals surface area (Å²) in [6.45, 7) is 2.58. The van der Waals surface area contributed by atoms with Crippen LogP contribution in [-0.2, 0) is 0 Å². The molecule has 0 fully saturated rings. The molecule has 1 heterocycles. The molecule has 0 saturated carbocycles. The highest BCUT2D eigenvalue weighted by Crippen LogP contribution is 2.43. The summed E-state index contributed by atoms with van der Waals surface area (Å²) in [5.41, 5.74) is 4.33. The first-order chi connectivity index (χ1) is 14.3. The molecule has 4 rings (SSSR count). The van der Waals surface area contributed by atoms with Gasteiger partial charge in [-0.15, -0.1) is 0 Å². The summed E-state index contributed by atoms with van der Waals surface area (Å²) in [6.07, 6.45) is 6.20. The van der Waals surface area contributed by atoms with Crippen molar-refractivity contribution in [2.24, 2.45) is 0 Å². The molecular weight excluding hydrogens is 360 g/mol. The van der Waals surface area contributed by atoms with Crippen LogP contribution in [0.15, 0.2) is 84.4 Å². The molecule has 0 aliphatic carbocycles. The van der Waals surface area contributed by atoms with E-state index in [1.165, 1.54) is 0 Å². The van der Waals surface area contributed by atoms with Crippen molar-refractivity contribution >= 4 is 12.2 Å². The lowest BCUT2D eigenvalue weighted by molar-refractivity contribution is 0.223. The zero-order chi connectivity index (χ0) is 20.1. The third-order valence-corrected chi connectivity index (χ3v) is 4.86. The van der Waals surface area contributed by atoms with E-state index in [0.29, 0.717) is 6.61 Å². The van der Waals surface area contributed by atoms with Gasteiger partial charge >= 0.3 is 0 Å². The molecule has 0 N–H and O–H groups in total. The highest BCUT2D eigenvalue weighted by atomic mass is 16.5. The zero-order valence-corrected chi connectivity index (χ0v) is 16.7. The van der Waals surface area contributed by atoms with Gasteiger partial charge in [0.15, 0.2) is 11.5 Å². The van der Waals surface area contributed by atoms with Crippen LogP contribution in [0.4, 0.5) is 0 Å². The van der Waals surface area contributed by atoms with Crippen molar-refractivity contribution in [1.29, 1.82) is 0 Å². The minimum Gasteiger partial charge on any atom is -0.497 e. The Morgan fingerprint density at radius 2 is 1.69 bits per heavy atom. The summed E-state index contributed by atoms with van der Waals surface area (Å²) < 4.78 is 17.5. The number of para-hydroxylation sites is 1. The Balaban J connectivity index is 1.72. The number of methoxy groups -OCH3 is 1. The first-order valence-corrected chi connectivity index (χ1v) is 9.79. The Labute approximate surface area is 171 Å². The van der Waals surface area contributed by atoms with Gasteiger partial charge in [0.2, 0.25) is 0 Å². The standard InChI is InChI=1S/C26H24O3/c1-3-28-24-11-7-10-21-18-22(15-12-19-13-16-23(27-2)17-14-19)25(29-26(21)24)20-8-5-4-6-9-20/h4-18,25H,3H2,1-2H3/b15-12-. The number of ether oxygens (including phenoxy) is 3. The lowest BCUT2D eigenvalue weighted by Crippen LogP contribution is -2.14. The van der Waals surface area contributed by atoms with Gasteiger partial charge in [0.25, 0.3) is 0 Å². The van der Waals surface area contributed by atoms with Crippen molar-refractivity contribution in [1.82, 2.24) is 0 Å². The quantitative estimate of drug-likeness (QED) is 0.497. The number of benzene rings is 3. The summed E-state index contributed by atoms with van der Waals surface area (Å²) >= 11 is 0. The van der Waals surface area contributed by atoms with Gasteiger partial charge in [-0.05, 0) is 47.9 Å². The maximum atomic E-state index is 6.47. The van der Waals surface area contributed by atoms with E-state index in [1.807, 2.05) is 61.5 Å². The SMILES string of the molecule is CCOc1cccc2c1OC(c1ccccc1)C(/C=C\c1ccc(OC)cc1)=C2. The fourth-order valence-corrected chi connectivity index (χ4v) is 3.41. The molecule has 3 aromatic carbocycles. The van der Waals surface area contributed by atoms with Gasteiger partial charge in [-0.25, -0.2) is 0 Å². The van der Waals surface area contributed by atoms with Crippen LogP contribution >= 0.6 is 0 Å². The fourth-order valence-electron chi connectivity index (χ4n) is 3.41. The van der Waals surface area contributed by atoms with Crippen LogP contribution in [0.1, 0.15) is 29.7 Å². The maximum absolute atomic E-state index is 6.47. The maximum Gasteiger partial charge on any atom is 0.169 e. The monoisotopic (exact) mass is 384 g/mol. The largest absolute Gasteiger partial charge is 0.497 e. The normalized spacial score (nSPS) is 15.4. The molecule has 0 bridgehead atoms. The van der Waals surface area contributed by atoms with Crippen molar-refractivity contribution in [2.45, 2.75) is 13.0 Å². The zero-order valence-electron chi connectivity index (χ0n) is 16.7. The van der Waals surface area contributed by atoms with Gasteiger partial charge in [-0.2, -0.15) is 0 Å². The Morgan fingerprint density at radius 1 is 0.897 bits per heavy atom. The first-order valence-electron chi connectivity index (χ1n) is 9.79. The number of fused-ring (bicyclic) bond motifs is 1. The van der Waals surface area contributed by atoms with Crippen molar-refractivity contribution in [3.8, 4) is 17.2 Å². The Bertz CT molecular complexity index is 1020. The molecule has 0 spiro atoms. The Kier molecular flexibility index (Phi) is 5.66. The van der Waals surface area contributed by atoms with E-state index in [-0.39, 0.29) is 6.10 Å². The third-order valence-electron chi connectivity index (χ3n) is 4.86. The Hall–Kier alpha value is -3.46. The van der Waals surface area contributed by atoms with E-state index in [2.05, 4.69) is 36.4 Å². The summed E-state index contributed by atoms with van der Waals surface area (Å²) in [5, 5.41) is 0. The third kappa shape index (κ3) is 4.19. The molecule has 0 aromatic heterocycles. The smallest absolute Gasteiger partial charge is 0.169 e. The van der Waals surface area contributed by atoms with Crippen LogP contribution in [0.2, 0.25) is 0 Å². The molecule has 1 atom stereocenters. The van der Waals surface area contributed by atoms with E-state index < -0.39 is 0 Å². The minimum atomic E-state index is -0.195. The molecule has 0 radical (unpaired) electrons. The predicted molar refractivity (Wildman–Crippen MR) is 117 cm³/mol. The molecule has 146 valence electrons. The fraction of sp³-hybridized carbons (Fsp3) is 0.154. The molecule has 1 aliphatic rings. The molecular formula is C26H24O3. The van der Waals surface area contributed by atoms with Crippen LogP contribution in [0, 0.1) is 0 Å². The number of hydrogen-bond acceptors (Lipinski definition) is 3. The molecule has 3 heteroatoms. The molecule has 3 aromatic rings. The van der Waals surface area contributed by atoms with Crippen molar-refractivity contribution in [3.05, 3.63) is 101 Å². The summed E-state index contributed by atoms with van der Waals surface area (Å²) in [6, 6.07) is 24.3. The molecule has 0 amide bonds. The van der Waals surface area contributed by atoms with Crippen LogP contribution in [0.25, 0.3) is 12.2 Å². The molecule has 3 nitrogen and oxygen atoms in total. The highest BCUT2D eigenvalue weighted by Gasteiger charge is 2.25. The first kappa shape index (κ1) is 18.9. The van der Waals surface area contributed by atoms with E-state index in [4.69, 9.17) is 14.2 Å². The lowest BCUT2D eigenvalue weighted by Gasteiger charge is -2.27. The van der Waals surface area contributed by atoms with Crippen molar-refractivity contribution in [2.75, 3.05) is 13.7 Å². The minimum absolute atomic E-state index is 0.195. The van der Waals surface area contributed by atoms with Gasteiger partial charge < -0.3 is 14.2 Å². The lowest BCUT2D eigenvalue weighted by atomic mass is 9.95. The van der Waals surface area contributed by atoms with Crippen LogP contribution in [0.3, 0.4) is 0 Å². The second kappa shape index (κ2) is 8.70. The number of hydrogen-bond donors (Lipinski definition) is 0. The average Bonchev–Trinajstić information content (AvgIpc) is 2.78. The van der Waals surface area contributed by atoms with E-state index in [1.54, 1.807) is 7.11 Å². The van der Waals surface area contributed by atoms with Crippen LogP contribution < -0.4 is 14.2 Å². The molecule has 0 saturated heterocycles. The summed E-state index contributed by atoms with van der Waals surface area (Å²) in [5.74, 6) is 2.42. The van der Waals surface area contributed by atoms with Crippen LogP contribution in [-0.4, -0.2) is 13.7 Å². The van der Waals surface area contributed by atoms with E-state index in [0.717, 1.165) is 39.5 Å². The second-order valence-electron chi connectivity index (χ2n) is 6.77. The van der Waals surface area contributed by atoms with Crippen molar-refractivity contribution < 1.29 is 14.2 Å². The van der Waals surface area contributed by atoms with Gasteiger partial charge in [0, 0.05) is 5.56 Å². The van der Waals surface area contributed by atoms with E-state index in [9.17, 15) is 0 Å². The summed E-state index contributed by atoms with van der Waals surface area (Å²) in [4.78, 5) is 0. The Morgan fingerprint density at radius 3 is 2.41 bits per heavy atom. The van der Waals surface area contributed by atoms with Gasteiger partial charge in [-0.3, -0.25) is 0 Å². The van der Waals surface area contributed by atoms with Gasteiger partial charge in [0.1, 0.15) is 11.9 Å². The van der Waals surface area contributed by atoms with Crippen LogP contribution in [0.5, 0.6) is 17.2 Å².